The lowest BCUT2D eigenvalue weighted by Crippen LogP contribution is -2.03. The Bertz CT molecular complexity index is 718. The van der Waals surface area contributed by atoms with Crippen molar-refractivity contribution >= 4 is 18.0 Å². The van der Waals surface area contributed by atoms with Gasteiger partial charge in [0.05, 0.1) is 27.0 Å². The Morgan fingerprint density at radius 1 is 1.20 bits per heavy atom. The summed E-state index contributed by atoms with van der Waals surface area (Å²) in [6.07, 6.45) is 3.68. The van der Waals surface area contributed by atoms with Gasteiger partial charge in [0, 0.05) is 11.5 Å². The van der Waals surface area contributed by atoms with Gasteiger partial charge in [-0.25, -0.2) is 0 Å². The lowest BCUT2D eigenvalue weighted by Gasteiger charge is -2.14. The minimum absolute atomic E-state index is 0.218. The second-order valence-electron chi connectivity index (χ2n) is 5.44. The molecule has 25 heavy (non-hydrogen) atoms. The number of benzene rings is 1. The molecule has 0 spiro atoms. The number of nitrogens with zero attached hydrogens (tertiary/aromatic N) is 4. The molecule has 2 rings (SSSR count). The average Bonchev–Trinajstić information content (AvgIpc) is 3.03. The summed E-state index contributed by atoms with van der Waals surface area (Å²) in [5.74, 6) is 2.81. The molecule has 7 nitrogen and oxygen atoms in total. The molecule has 0 radical (unpaired) electrons. The standard InChI is InChI=1S/C17H24N4O3S/c1-7-24-15-13(22-4)8-12(9-14(15)23-5)10-18-21-16(11(2)3)19-20-17(21)25-6/h8-11H,7H2,1-6H3/b18-10-. The molecule has 0 amide bonds. The smallest absolute Gasteiger partial charge is 0.211 e. The van der Waals surface area contributed by atoms with E-state index in [2.05, 4.69) is 29.1 Å². The highest BCUT2D eigenvalue weighted by Crippen LogP contribution is 2.38. The van der Waals surface area contributed by atoms with Gasteiger partial charge in [0.15, 0.2) is 17.3 Å². The lowest BCUT2D eigenvalue weighted by atomic mass is 10.2. The first kappa shape index (κ1) is 19.1. The molecule has 0 saturated heterocycles. The van der Waals surface area contributed by atoms with Crippen LogP contribution in [0.15, 0.2) is 22.4 Å². The van der Waals surface area contributed by atoms with Crippen molar-refractivity contribution < 1.29 is 14.2 Å². The lowest BCUT2D eigenvalue weighted by molar-refractivity contribution is 0.288. The van der Waals surface area contributed by atoms with Gasteiger partial charge in [-0.1, -0.05) is 25.6 Å². The zero-order valence-electron chi connectivity index (χ0n) is 15.4. The predicted molar refractivity (Wildman–Crippen MR) is 99.6 cm³/mol. The van der Waals surface area contributed by atoms with E-state index in [1.807, 2.05) is 25.3 Å². The zero-order chi connectivity index (χ0) is 18.4. The third-order valence-corrected chi connectivity index (χ3v) is 4.05. The van der Waals surface area contributed by atoms with Crippen LogP contribution in [0.25, 0.3) is 0 Å². The molecule has 1 heterocycles. The highest BCUT2D eigenvalue weighted by molar-refractivity contribution is 7.98. The number of thioether (sulfide) groups is 1. The monoisotopic (exact) mass is 364 g/mol. The normalized spacial score (nSPS) is 11.3. The van der Waals surface area contributed by atoms with Gasteiger partial charge in [-0.3, -0.25) is 0 Å². The third kappa shape index (κ3) is 4.25. The second-order valence-corrected chi connectivity index (χ2v) is 6.22. The van der Waals surface area contributed by atoms with Crippen LogP contribution in [0.2, 0.25) is 0 Å². The topological polar surface area (TPSA) is 70.8 Å². The van der Waals surface area contributed by atoms with E-state index in [0.29, 0.717) is 23.9 Å². The summed E-state index contributed by atoms with van der Waals surface area (Å²) in [5, 5.41) is 13.7. The first-order chi connectivity index (χ1) is 12.0. The van der Waals surface area contributed by atoms with Crippen molar-refractivity contribution in [1.82, 2.24) is 14.9 Å². The van der Waals surface area contributed by atoms with Crippen LogP contribution in [0.5, 0.6) is 17.2 Å². The van der Waals surface area contributed by atoms with E-state index in [4.69, 9.17) is 14.2 Å². The van der Waals surface area contributed by atoms with Gasteiger partial charge in [-0.05, 0) is 25.3 Å². The van der Waals surface area contributed by atoms with Crippen LogP contribution in [0.4, 0.5) is 0 Å². The molecule has 2 aromatic rings. The van der Waals surface area contributed by atoms with Crippen LogP contribution in [0.1, 0.15) is 38.1 Å². The molecule has 0 atom stereocenters. The van der Waals surface area contributed by atoms with E-state index in [1.165, 1.54) is 11.8 Å². The highest BCUT2D eigenvalue weighted by atomic mass is 32.2. The van der Waals surface area contributed by atoms with Crippen LogP contribution < -0.4 is 14.2 Å². The highest BCUT2D eigenvalue weighted by Gasteiger charge is 2.15. The molecule has 0 aliphatic carbocycles. The molecule has 8 heteroatoms. The summed E-state index contributed by atoms with van der Waals surface area (Å²) in [7, 11) is 3.20. The maximum Gasteiger partial charge on any atom is 0.211 e. The summed E-state index contributed by atoms with van der Waals surface area (Å²) in [6, 6.07) is 3.71. The number of rotatable bonds is 8. The molecule has 1 aromatic heterocycles. The molecule has 0 aliphatic rings. The Morgan fingerprint density at radius 2 is 1.84 bits per heavy atom. The molecule has 0 aliphatic heterocycles. The quantitative estimate of drug-likeness (QED) is 0.528. The molecule has 0 N–H and O–H groups in total. The summed E-state index contributed by atoms with van der Waals surface area (Å²) in [6.45, 7) is 6.56. The molecule has 136 valence electrons. The van der Waals surface area contributed by atoms with Gasteiger partial charge >= 0.3 is 0 Å². The van der Waals surface area contributed by atoms with Gasteiger partial charge < -0.3 is 14.2 Å². The summed E-state index contributed by atoms with van der Waals surface area (Å²) in [4.78, 5) is 0. The first-order valence-corrected chi connectivity index (χ1v) is 9.20. The second kappa shape index (κ2) is 8.75. The number of methoxy groups -OCH3 is 2. The zero-order valence-corrected chi connectivity index (χ0v) is 16.3. The molecule has 0 fully saturated rings. The van der Waals surface area contributed by atoms with Gasteiger partial charge in [-0.2, -0.15) is 9.78 Å². The predicted octanol–water partition coefficient (Wildman–Crippen LogP) is 3.42. The number of hydrogen-bond donors (Lipinski definition) is 0. The Morgan fingerprint density at radius 3 is 2.32 bits per heavy atom. The maximum absolute atomic E-state index is 5.62. The van der Waals surface area contributed by atoms with Crippen molar-refractivity contribution in [3.63, 3.8) is 0 Å². The Labute approximate surface area is 152 Å². The molecule has 0 unspecified atom stereocenters. The van der Waals surface area contributed by atoms with Crippen LogP contribution in [-0.4, -0.2) is 48.2 Å². The fourth-order valence-electron chi connectivity index (χ4n) is 2.26. The van der Waals surface area contributed by atoms with E-state index < -0.39 is 0 Å². The van der Waals surface area contributed by atoms with Gasteiger partial charge in [0.2, 0.25) is 10.9 Å². The van der Waals surface area contributed by atoms with Crippen LogP contribution in [0.3, 0.4) is 0 Å². The van der Waals surface area contributed by atoms with Crippen LogP contribution in [-0.2, 0) is 0 Å². The van der Waals surface area contributed by atoms with E-state index in [1.54, 1.807) is 25.1 Å². The van der Waals surface area contributed by atoms with E-state index >= 15 is 0 Å². The minimum Gasteiger partial charge on any atom is -0.493 e. The first-order valence-electron chi connectivity index (χ1n) is 7.98. The van der Waals surface area contributed by atoms with Crippen LogP contribution >= 0.6 is 11.8 Å². The van der Waals surface area contributed by atoms with Gasteiger partial charge in [0.1, 0.15) is 0 Å². The maximum atomic E-state index is 5.62. The Kier molecular flexibility index (Phi) is 6.69. The average molecular weight is 364 g/mol. The van der Waals surface area contributed by atoms with Crippen molar-refractivity contribution in [2.45, 2.75) is 31.8 Å². The van der Waals surface area contributed by atoms with Gasteiger partial charge in [-0.15, -0.1) is 10.2 Å². The number of aromatic nitrogens is 3. The largest absolute Gasteiger partial charge is 0.493 e. The van der Waals surface area contributed by atoms with Crippen molar-refractivity contribution in [2.24, 2.45) is 5.10 Å². The molecular formula is C17H24N4O3S. The summed E-state index contributed by atoms with van der Waals surface area (Å²) in [5.41, 5.74) is 0.826. The van der Waals surface area contributed by atoms with Crippen molar-refractivity contribution in [2.75, 3.05) is 27.1 Å². The fourth-order valence-corrected chi connectivity index (χ4v) is 2.69. The van der Waals surface area contributed by atoms with E-state index in [-0.39, 0.29) is 5.92 Å². The number of ether oxygens (including phenoxy) is 3. The van der Waals surface area contributed by atoms with Gasteiger partial charge in [0.25, 0.3) is 0 Å². The molecule has 0 saturated carbocycles. The fraction of sp³-hybridized carbons (Fsp3) is 0.471. The Hall–Kier alpha value is -2.22. The minimum atomic E-state index is 0.218. The van der Waals surface area contributed by atoms with Crippen molar-refractivity contribution in [3.05, 3.63) is 23.5 Å². The summed E-state index contributed by atoms with van der Waals surface area (Å²) < 4.78 is 18.2. The summed E-state index contributed by atoms with van der Waals surface area (Å²) >= 11 is 1.50. The van der Waals surface area contributed by atoms with E-state index in [0.717, 1.165) is 16.5 Å². The van der Waals surface area contributed by atoms with Crippen molar-refractivity contribution in [1.29, 1.82) is 0 Å². The molecule has 1 aromatic carbocycles. The number of hydrogen-bond acceptors (Lipinski definition) is 7. The third-order valence-electron chi connectivity index (χ3n) is 3.43. The molecular weight excluding hydrogens is 340 g/mol. The Balaban J connectivity index is 2.44. The van der Waals surface area contributed by atoms with Crippen molar-refractivity contribution in [3.8, 4) is 17.2 Å². The van der Waals surface area contributed by atoms with Crippen LogP contribution in [0, 0.1) is 0 Å². The SMILES string of the molecule is CCOc1c(OC)cc(/C=N\n2c(SC)nnc2C(C)C)cc1OC. The van der Waals surface area contributed by atoms with E-state index in [9.17, 15) is 0 Å². The molecule has 0 bridgehead atoms.